The summed E-state index contributed by atoms with van der Waals surface area (Å²) in [6.07, 6.45) is 1.13. The van der Waals surface area contributed by atoms with Crippen LogP contribution in [0.15, 0.2) is 48.5 Å². The Kier molecular flexibility index (Phi) is 6.63. The second-order valence-corrected chi connectivity index (χ2v) is 6.96. The molecule has 1 aliphatic rings. The predicted octanol–water partition coefficient (Wildman–Crippen LogP) is 2.50. The number of hydrogen-bond acceptors (Lipinski definition) is 3. The third-order valence-corrected chi connectivity index (χ3v) is 5.11. The molecular weight excluding hydrogens is 371 g/mol. The van der Waals surface area contributed by atoms with E-state index in [1.165, 1.54) is 6.07 Å². The smallest absolute Gasteiger partial charge is 0.251 e. The van der Waals surface area contributed by atoms with Gasteiger partial charge in [-0.2, -0.15) is 0 Å². The number of benzene rings is 2. The normalized spacial score (nSPS) is 15.0. The first-order valence-corrected chi connectivity index (χ1v) is 9.49. The SMILES string of the molecule is CNC(=O)C1(CNC(=O)c2ccc(C#Cc3ccccc3F)cc2)CCOCC1. The Hall–Kier alpha value is -3.17. The molecule has 5 nitrogen and oxygen atoms in total. The van der Waals surface area contributed by atoms with Crippen molar-refractivity contribution in [3.63, 3.8) is 0 Å². The van der Waals surface area contributed by atoms with Crippen LogP contribution in [0.3, 0.4) is 0 Å². The Morgan fingerprint density at radius 3 is 2.41 bits per heavy atom. The van der Waals surface area contributed by atoms with Crippen molar-refractivity contribution in [3.05, 3.63) is 71.0 Å². The van der Waals surface area contributed by atoms with Gasteiger partial charge in [-0.25, -0.2) is 4.39 Å². The topological polar surface area (TPSA) is 67.4 Å². The summed E-state index contributed by atoms with van der Waals surface area (Å²) in [7, 11) is 1.60. The summed E-state index contributed by atoms with van der Waals surface area (Å²) in [6.45, 7) is 1.25. The van der Waals surface area contributed by atoms with E-state index >= 15 is 0 Å². The van der Waals surface area contributed by atoms with Crippen molar-refractivity contribution in [2.75, 3.05) is 26.8 Å². The first-order chi connectivity index (χ1) is 14.0. The van der Waals surface area contributed by atoms with Gasteiger partial charge in [0.25, 0.3) is 5.91 Å². The van der Waals surface area contributed by atoms with Crippen molar-refractivity contribution in [2.24, 2.45) is 5.41 Å². The summed E-state index contributed by atoms with van der Waals surface area (Å²) < 4.78 is 19.0. The molecule has 150 valence electrons. The van der Waals surface area contributed by atoms with Gasteiger partial charge in [-0.3, -0.25) is 9.59 Å². The lowest BCUT2D eigenvalue weighted by Crippen LogP contribution is -2.50. The summed E-state index contributed by atoms with van der Waals surface area (Å²) in [5.41, 5.74) is 0.829. The molecule has 1 heterocycles. The average molecular weight is 394 g/mol. The molecule has 1 fully saturated rings. The lowest BCUT2D eigenvalue weighted by Gasteiger charge is -2.35. The van der Waals surface area contributed by atoms with E-state index < -0.39 is 5.41 Å². The molecular formula is C23H23FN2O3. The van der Waals surface area contributed by atoms with Crippen molar-refractivity contribution >= 4 is 11.8 Å². The van der Waals surface area contributed by atoms with E-state index in [4.69, 9.17) is 4.74 Å². The van der Waals surface area contributed by atoms with Gasteiger partial charge in [0.2, 0.25) is 5.91 Å². The Labute approximate surface area is 169 Å². The fourth-order valence-electron chi connectivity index (χ4n) is 3.27. The Balaban J connectivity index is 1.65. The largest absolute Gasteiger partial charge is 0.381 e. The van der Waals surface area contributed by atoms with Crippen LogP contribution in [0.2, 0.25) is 0 Å². The van der Waals surface area contributed by atoms with Gasteiger partial charge in [0.05, 0.1) is 11.0 Å². The zero-order valence-electron chi connectivity index (χ0n) is 16.3. The van der Waals surface area contributed by atoms with Crippen LogP contribution < -0.4 is 10.6 Å². The third kappa shape index (κ3) is 5.01. The molecule has 2 aromatic carbocycles. The van der Waals surface area contributed by atoms with E-state index in [9.17, 15) is 14.0 Å². The number of carbonyl (C=O) groups is 2. The van der Waals surface area contributed by atoms with Crippen molar-refractivity contribution in [3.8, 4) is 11.8 Å². The fraction of sp³-hybridized carbons (Fsp3) is 0.304. The second kappa shape index (κ2) is 9.35. The highest BCUT2D eigenvalue weighted by Gasteiger charge is 2.39. The molecule has 0 aromatic heterocycles. The highest BCUT2D eigenvalue weighted by atomic mass is 19.1. The number of hydrogen-bond donors (Lipinski definition) is 2. The fourth-order valence-corrected chi connectivity index (χ4v) is 3.27. The molecule has 0 aliphatic carbocycles. The van der Waals surface area contributed by atoms with Gasteiger partial charge in [-0.1, -0.05) is 24.0 Å². The van der Waals surface area contributed by atoms with E-state index in [1.54, 1.807) is 49.5 Å². The minimum absolute atomic E-state index is 0.0835. The van der Waals surface area contributed by atoms with Crippen LogP contribution in [0.25, 0.3) is 0 Å². The molecule has 1 aliphatic heterocycles. The van der Waals surface area contributed by atoms with Crippen molar-refractivity contribution in [1.29, 1.82) is 0 Å². The molecule has 0 unspecified atom stereocenters. The Bertz CT molecular complexity index is 939. The molecule has 0 spiro atoms. The highest BCUT2D eigenvalue weighted by Crippen LogP contribution is 2.30. The van der Waals surface area contributed by atoms with E-state index in [2.05, 4.69) is 22.5 Å². The molecule has 2 amide bonds. The Morgan fingerprint density at radius 1 is 1.07 bits per heavy atom. The van der Waals surface area contributed by atoms with Gasteiger partial charge in [0.1, 0.15) is 5.82 Å². The van der Waals surface area contributed by atoms with E-state index in [1.807, 2.05) is 0 Å². The first-order valence-electron chi connectivity index (χ1n) is 9.49. The summed E-state index contributed by atoms with van der Waals surface area (Å²) in [4.78, 5) is 24.9. The molecule has 2 N–H and O–H groups in total. The van der Waals surface area contributed by atoms with Crippen molar-refractivity contribution in [1.82, 2.24) is 10.6 Å². The molecule has 0 radical (unpaired) electrons. The summed E-state index contributed by atoms with van der Waals surface area (Å²) in [5.74, 6) is 4.97. The van der Waals surface area contributed by atoms with Gasteiger partial charge in [0.15, 0.2) is 0 Å². The van der Waals surface area contributed by atoms with Crippen LogP contribution in [0, 0.1) is 23.1 Å². The number of nitrogens with one attached hydrogen (secondary N) is 2. The maximum Gasteiger partial charge on any atom is 0.251 e. The average Bonchev–Trinajstić information content (AvgIpc) is 2.77. The number of carbonyl (C=O) groups excluding carboxylic acids is 2. The number of halogens is 1. The third-order valence-electron chi connectivity index (χ3n) is 5.11. The van der Waals surface area contributed by atoms with Crippen LogP contribution in [0.4, 0.5) is 4.39 Å². The molecule has 1 saturated heterocycles. The summed E-state index contributed by atoms with van der Waals surface area (Å²) in [5, 5.41) is 5.56. The van der Waals surface area contributed by atoms with Crippen LogP contribution >= 0.6 is 0 Å². The lowest BCUT2D eigenvalue weighted by molar-refractivity contribution is -0.135. The molecule has 6 heteroatoms. The first kappa shape index (κ1) is 20.6. The quantitative estimate of drug-likeness (QED) is 0.783. The van der Waals surface area contributed by atoms with Crippen LogP contribution in [0.1, 0.15) is 34.3 Å². The van der Waals surface area contributed by atoms with E-state index in [0.717, 1.165) is 0 Å². The lowest BCUT2D eigenvalue weighted by atomic mass is 9.79. The van der Waals surface area contributed by atoms with Crippen molar-refractivity contribution in [2.45, 2.75) is 12.8 Å². The predicted molar refractivity (Wildman–Crippen MR) is 108 cm³/mol. The highest BCUT2D eigenvalue weighted by molar-refractivity contribution is 5.95. The maximum atomic E-state index is 13.6. The van der Waals surface area contributed by atoms with E-state index in [0.29, 0.717) is 42.7 Å². The molecule has 2 aromatic rings. The monoisotopic (exact) mass is 394 g/mol. The number of ether oxygens (including phenoxy) is 1. The van der Waals surface area contributed by atoms with Crippen molar-refractivity contribution < 1.29 is 18.7 Å². The molecule has 0 saturated carbocycles. The zero-order chi connectivity index (χ0) is 20.7. The van der Waals surface area contributed by atoms with Gasteiger partial charge in [-0.05, 0) is 49.2 Å². The van der Waals surface area contributed by atoms with Gasteiger partial charge >= 0.3 is 0 Å². The standard InChI is InChI=1S/C23H23FN2O3/c1-25-22(28)23(12-14-29-15-13-23)16-26-21(27)19-10-7-17(8-11-19)6-9-18-4-2-3-5-20(18)24/h2-5,7-8,10-11H,12-16H2,1H3,(H,25,28)(H,26,27). The maximum absolute atomic E-state index is 13.6. The van der Waals surface area contributed by atoms with Crippen LogP contribution in [-0.4, -0.2) is 38.6 Å². The van der Waals surface area contributed by atoms with Crippen LogP contribution in [0.5, 0.6) is 0 Å². The number of amides is 2. The summed E-state index contributed by atoms with van der Waals surface area (Å²) >= 11 is 0. The molecule has 0 bridgehead atoms. The molecule has 0 atom stereocenters. The molecule has 29 heavy (non-hydrogen) atoms. The zero-order valence-corrected chi connectivity index (χ0v) is 16.3. The van der Waals surface area contributed by atoms with Crippen LogP contribution in [-0.2, 0) is 9.53 Å². The van der Waals surface area contributed by atoms with E-state index in [-0.39, 0.29) is 24.2 Å². The van der Waals surface area contributed by atoms with Gasteiger partial charge in [-0.15, -0.1) is 0 Å². The summed E-state index contributed by atoms with van der Waals surface area (Å²) in [6, 6.07) is 13.1. The van der Waals surface area contributed by atoms with Gasteiger partial charge < -0.3 is 15.4 Å². The number of rotatable bonds is 4. The minimum atomic E-state index is -0.645. The Morgan fingerprint density at radius 2 is 1.76 bits per heavy atom. The minimum Gasteiger partial charge on any atom is -0.381 e. The molecule has 3 rings (SSSR count). The second-order valence-electron chi connectivity index (χ2n) is 6.96. The van der Waals surface area contributed by atoms with Gasteiger partial charge in [0, 0.05) is 37.9 Å².